The van der Waals surface area contributed by atoms with Crippen molar-refractivity contribution in [3.63, 3.8) is 0 Å². The molecule has 4 heterocycles. The van der Waals surface area contributed by atoms with Gasteiger partial charge in [0, 0.05) is 23.7 Å². The molecule has 0 atom stereocenters. The van der Waals surface area contributed by atoms with Gasteiger partial charge in [-0.1, -0.05) is 23.7 Å². The fraction of sp³-hybridized carbons (Fsp3) is 0.190. The number of hydrogen-bond acceptors (Lipinski definition) is 6. The molecule has 0 radical (unpaired) electrons. The number of furan rings is 1. The summed E-state index contributed by atoms with van der Waals surface area (Å²) in [4.78, 5) is 16.5. The van der Waals surface area contributed by atoms with Crippen LogP contribution in [0.15, 0.2) is 59.2 Å². The molecule has 1 saturated heterocycles. The van der Waals surface area contributed by atoms with Gasteiger partial charge in [-0.3, -0.25) is 0 Å². The summed E-state index contributed by atoms with van der Waals surface area (Å²) in [6.45, 7) is 2.92. The smallest absolute Gasteiger partial charge is 0.199 e. The van der Waals surface area contributed by atoms with Gasteiger partial charge in [-0.15, -0.1) is 0 Å². The van der Waals surface area contributed by atoms with E-state index >= 15 is 0 Å². The second kappa shape index (κ2) is 7.22. The van der Waals surface area contributed by atoms with Gasteiger partial charge in [-0.2, -0.15) is 0 Å². The van der Waals surface area contributed by atoms with Crippen LogP contribution in [0.2, 0.25) is 5.02 Å². The summed E-state index contributed by atoms with van der Waals surface area (Å²) in [5, 5.41) is 1.61. The van der Waals surface area contributed by atoms with Crippen LogP contribution in [0.1, 0.15) is 0 Å². The zero-order valence-electron chi connectivity index (χ0n) is 15.0. The number of halogens is 1. The van der Waals surface area contributed by atoms with Gasteiger partial charge < -0.3 is 14.1 Å². The monoisotopic (exact) mass is 392 g/mol. The molecule has 28 heavy (non-hydrogen) atoms. The molecule has 0 bridgehead atoms. The summed E-state index contributed by atoms with van der Waals surface area (Å²) in [6, 6.07) is 15.3. The van der Waals surface area contributed by atoms with Gasteiger partial charge in [0.2, 0.25) is 0 Å². The number of hydrogen-bond donors (Lipinski definition) is 0. The van der Waals surface area contributed by atoms with E-state index in [1.54, 1.807) is 6.26 Å². The molecule has 4 aromatic rings. The summed E-state index contributed by atoms with van der Waals surface area (Å²) in [6.07, 6.45) is 1.62. The summed E-state index contributed by atoms with van der Waals surface area (Å²) >= 11 is 6.01. The minimum Gasteiger partial charge on any atom is -0.461 e. The lowest BCUT2D eigenvalue weighted by molar-refractivity contribution is 0.122. The Morgan fingerprint density at radius 1 is 0.893 bits per heavy atom. The topological polar surface area (TPSA) is 64.3 Å². The molecule has 140 valence electrons. The Hall–Kier alpha value is -2.96. The average Bonchev–Trinajstić information content (AvgIpc) is 3.29. The van der Waals surface area contributed by atoms with E-state index < -0.39 is 0 Å². The molecule has 6 nitrogen and oxygen atoms in total. The van der Waals surface area contributed by atoms with E-state index in [9.17, 15) is 0 Å². The third kappa shape index (κ3) is 3.21. The van der Waals surface area contributed by atoms with Gasteiger partial charge in [0.25, 0.3) is 0 Å². The maximum Gasteiger partial charge on any atom is 0.199 e. The third-order valence-corrected chi connectivity index (χ3v) is 4.98. The van der Waals surface area contributed by atoms with E-state index in [4.69, 9.17) is 30.7 Å². The first-order valence-electron chi connectivity index (χ1n) is 9.09. The quantitative estimate of drug-likeness (QED) is 0.513. The standard InChI is InChI=1S/C21H17ClN4O2/c22-15-5-3-14(4-6-15)17-8-7-16-19(23-17)24-20(18-2-1-11-28-18)25-21(16)26-9-12-27-13-10-26/h1-8,11H,9-10,12-13H2. The second-order valence-corrected chi connectivity index (χ2v) is 6.96. The Balaban J connectivity index is 1.67. The largest absolute Gasteiger partial charge is 0.461 e. The first-order chi connectivity index (χ1) is 13.8. The van der Waals surface area contributed by atoms with E-state index in [0.717, 1.165) is 35.6 Å². The van der Waals surface area contributed by atoms with Gasteiger partial charge in [0.05, 0.1) is 30.6 Å². The van der Waals surface area contributed by atoms with Crippen molar-refractivity contribution in [2.75, 3.05) is 31.2 Å². The minimum atomic E-state index is 0.528. The van der Waals surface area contributed by atoms with Crippen LogP contribution in [-0.4, -0.2) is 41.3 Å². The van der Waals surface area contributed by atoms with E-state index in [1.165, 1.54) is 0 Å². The highest BCUT2D eigenvalue weighted by Crippen LogP contribution is 2.30. The molecule has 0 spiro atoms. The summed E-state index contributed by atoms with van der Waals surface area (Å²) in [5.41, 5.74) is 2.45. The number of rotatable bonds is 3. The highest BCUT2D eigenvalue weighted by atomic mass is 35.5. The number of aromatic nitrogens is 3. The molecule has 0 unspecified atom stereocenters. The van der Waals surface area contributed by atoms with Crippen molar-refractivity contribution in [1.82, 2.24) is 15.0 Å². The van der Waals surface area contributed by atoms with Crippen molar-refractivity contribution in [1.29, 1.82) is 0 Å². The Morgan fingerprint density at radius 3 is 2.46 bits per heavy atom. The summed E-state index contributed by atoms with van der Waals surface area (Å²) in [7, 11) is 0. The second-order valence-electron chi connectivity index (χ2n) is 6.52. The first-order valence-corrected chi connectivity index (χ1v) is 9.47. The molecule has 0 amide bonds. The van der Waals surface area contributed by atoms with Crippen molar-refractivity contribution < 1.29 is 9.15 Å². The number of benzene rings is 1. The van der Waals surface area contributed by atoms with Gasteiger partial charge in [0.15, 0.2) is 17.2 Å². The van der Waals surface area contributed by atoms with Crippen molar-refractivity contribution in [3.05, 3.63) is 59.8 Å². The molecule has 1 aromatic carbocycles. The van der Waals surface area contributed by atoms with Crippen molar-refractivity contribution in [2.45, 2.75) is 0 Å². The van der Waals surface area contributed by atoms with Crippen LogP contribution in [-0.2, 0) is 4.74 Å². The minimum absolute atomic E-state index is 0.528. The predicted molar refractivity (Wildman–Crippen MR) is 109 cm³/mol. The zero-order chi connectivity index (χ0) is 18.9. The van der Waals surface area contributed by atoms with Crippen LogP contribution < -0.4 is 4.90 Å². The molecule has 7 heteroatoms. The van der Waals surface area contributed by atoms with Crippen molar-refractivity contribution in [3.8, 4) is 22.8 Å². The van der Waals surface area contributed by atoms with E-state index in [1.807, 2.05) is 48.5 Å². The number of anilines is 1. The maximum absolute atomic E-state index is 6.01. The normalized spacial score (nSPS) is 14.5. The molecule has 1 aliphatic heterocycles. The fourth-order valence-electron chi connectivity index (χ4n) is 3.31. The highest BCUT2D eigenvalue weighted by Gasteiger charge is 2.19. The average molecular weight is 393 g/mol. The summed E-state index contributed by atoms with van der Waals surface area (Å²) < 4.78 is 11.0. The van der Waals surface area contributed by atoms with Gasteiger partial charge in [-0.05, 0) is 36.4 Å². The van der Waals surface area contributed by atoms with E-state index in [-0.39, 0.29) is 0 Å². The molecule has 1 fully saturated rings. The highest BCUT2D eigenvalue weighted by molar-refractivity contribution is 6.30. The van der Waals surface area contributed by atoms with Crippen LogP contribution in [0.3, 0.4) is 0 Å². The van der Waals surface area contributed by atoms with E-state index in [0.29, 0.717) is 35.5 Å². The van der Waals surface area contributed by atoms with E-state index in [2.05, 4.69) is 9.88 Å². The SMILES string of the molecule is Clc1ccc(-c2ccc3c(N4CCOCC4)nc(-c4ccco4)nc3n2)cc1. The van der Waals surface area contributed by atoms with Crippen LogP contribution in [0.5, 0.6) is 0 Å². The zero-order valence-corrected chi connectivity index (χ0v) is 15.8. The molecular formula is C21H17ClN4O2. The Labute approximate surface area is 166 Å². The lowest BCUT2D eigenvalue weighted by Crippen LogP contribution is -2.37. The van der Waals surface area contributed by atoms with Crippen LogP contribution in [0.25, 0.3) is 33.9 Å². The molecule has 1 aliphatic rings. The van der Waals surface area contributed by atoms with Crippen LogP contribution >= 0.6 is 11.6 Å². The van der Waals surface area contributed by atoms with Crippen LogP contribution in [0, 0.1) is 0 Å². The molecule has 0 N–H and O–H groups in total. The van der Waals surface area contributed by atoms with Crippen LogP contribution in [0.4, 0.5) is 5.82 Å². The Morgan fingerprint density at radius 2 is 1.71 bits per heavy atom. The lowest BCUT2D eigenvalue weighted by Gasteiger charge is -2.28. The number of nitrogens with zero attached hydrogens (tertiary/aromatic N) is 4. The fourth-order valence-corrected chi connectivity index (χ4v) is 3.43. The number of fused-ring (bicyclic) bond motifs is 1. The predicted octanol–water partition coefficient (Wildman–Crippen LogP) is 4.44. The lowest BCUT2D eigenvalue weighted by atomic mass is 10.1. The molecule has 3 aromatic heterocycles. The maximum atomic E-state index is 6.01. The Bertz CT molecular complexity index is 1110. The molecule has 0 aliphatic carbocycles. The molecular weight excluding hydrogens is 376 g/mol. The van der Waals surface area contributed by atoms with Gasteiger partial charge in [-0.25, -0.2) is 15.0 Å². The number of ether oxygens (including phenoxy) is 1. The van der Waals surface area contributed by atoms with Crippen molar-refractivity contribution >= 4 is 28.5 Å². The van der Waals surface area contributed by atoms with Gasteiger partial charge >= 0.3 is 0 Å². The molecule has 5 rings (SSSR count). The third-order valence-electron chi connectivity index (χ3n) is 4.73. The number of pyridine rings is 1. The Kier molecular flexibility index (Phi) is 4.43. The van der Waals surface area contributed by atoms with Crippen molar-refractivity contribution in [2.24, 2.45) is 0 Å². The van der Waals surface area contributed by atoms with Gasteiger partial charge in [0.1, 0.15) is 5.82 Å². The number of morpholine rings is 1. The summed E-state index contributed by atoms with van der Waals surface area (Å²) in [5.74, 6) is 2.00. The molecule has 0 saturated carbocycles. The first kappa shape index (κ1) is 17.2.